The molecule has 38 heavy (non-hydrogen) atoms. The van der Waals surface area contributed by atoms with E-state index in [4.69, 9.17) is 24.0 Å². The van der Waals surface area contributed by atoms with E-state index < -0.39 is 6.04 Å². The highest BCUT2D eigenvalue weighted by molar-refractivity contribution is 7.12. The number of nitrogens with zero attached hydrogens (tertiary/aromatic N) is 3. The largest absolute Gasteiger partial charge is 0.497 e. The number of carbonyl (C=O) groups is 2. The van der Waals surface area contributed by atoms with E-state index >= 15 is 0 Å². The highest BCUT2D eigenvalue weighted by atomic mass is 32.1. The lowest BCUT2D eigenvalue weighted by Gasteiger charge is -2.28. The van der Waals surface area contributed by atoms with Crippen molar-refractivity contribution in [3.63, 3.8) is 0 Å². The number of amides is 2. The third-order valence-electron chi connectivity index (χ3n) is 6.28. The fraction of sp³-hybridized carbons (Fsp3) is 0.321. The van der Waals surface area contributed by atoms with Crippen LogP contribution in [0.2, 0.25) is 0 Å². The molecule has 0 bridgehead atoms. The van der Waals surface area contributed by atoms with Crippen LogP contribution in [0.25, 0.3) is 0 Å². The summed E-state index contributed by atoms with van der Waals surface area (Å²) in [6.07, 6.45) is 0.500. The minimum absolute atomic E-state index is 0.168. The smallest absolute Gasteiger partial charge is 0.262 e. The molecule has 0 saturated heterocycles. The Hall–Kier alpha value is -3.89. The van der Waals surface area contributed by atoms with Gasteiger partial charge in [-0.25, -0.2) is 5.01 Å². The maximum Gasteiger partial charge on any atom is 0.262 e. The SMILES string of the molecule is COCCN(CC(=O)N1N=C(c2cccs2)C[C@H]1c1cc(OC)ccc1OC)C(=O)c1ccc(OC)cc1. The molecular weight excluding hydrogens is 506 g/mol. The minimum atomic E-state index is -0.426. The number of thiophene rings is 1. The van der Waals surface area contributed by atoms with Crippen LogP contribution in [0, 0.1) is 0 Å². The van der Waals surface area contributed by atoms with Crippen LogP contribution in [0.15, 0.2) is 65.1 Å². The Balaban J connectivity index is 1.65. The van der Waals surface area contributed by atoms with Crippen LogP contribution in [-0.2, 0) is 9.53 Å². The predicted octanol–water partition coefficient (Wildman–Crippen LogP) is 4.24. The lowest BCUT2D eigenvalue weighted by molar-refractivity contribution is -0.133. The van der Waals surface area contributed by atoms with Gasteiger partial charge in [0.25, 0.3) is 11.8 Å². The minimum Gasteiger partial charge on any atom is -0.497 e. The summed E-state index contributed by atoms with van der Waals surface area (Å²) in [5.41, 5.74) is 2.03. The third kappa shape index (κ3) is 5.98. The first-order valence-corrected chi connectivity index (χ1v) is 12.9. The zero-order valence-electron chi connectivity index (χ0n) is 21.9. The number of hydrogen-bond acceptors (Lipinski definition) is 8. The Morgan fingerprint density at radius 1 is 1.00 bits per heavy atom. The second kappa shape index (κ2) is 12.6. The maximum atomic E-state index is 13.8. The van der Waals surface area contributed by atoms with Gasteiger partial charge in [-0.05, 0) is 53.9 Å². The number of benzene rings is 2. The lowest BCUT2D eigenvalue weighted by atomic mass is 9.99. The molecular formula is C28H31N3O6S. The zero-order valence-corrected chi connectivity index (χ0v) is 22.7. The molecule has 2 heterocycles. The summed E-state index contributed by atoms with van der Waals surface area (Å²) >= 11 is 1.56. The molecule has 0 saturated carbocycles. The van der Waals surface area contributed by atoms with Gasteiger partial charge in [0.15, 0.2) is 0 Å². The molecule has 2 aromatic carbocycles. The Morgan fingerprint density at radius 3 is 2.37 bits per heavy atom. The van der Waals surface area contributed by atoms with Crippen molar-refractivity contribution in [1.82, 2.24) is 9.91 Å². The van der Waals surface area contributed by atoms with Crippen LogP contribution in [-0.4, -0.2) is 75.6 Å². The summed E-state index contributed by atoms with van der Waals surface area (Å²) < 4.78 is 21.5. The summed E-state index contributed by atoms with van der Waals surface area (Å²) in [6.45, 7) is 0.361. The number of carbonyl (C=O) groups excluding carboxylic acids is 2. The number of hydrogen-bond donors (Lipinski definition) is 0. The average Bonchev–Trinajstić information content (AvgIpc) is 3.65. The molecule has 1 aliphatic heterocycles. The van der Waals surface area contributed by atoms with Crippen LogP contribution >= 0.6 is 11.3 Å². The second-order valence-corrected chi connectivity index (χ2v) is 9.49. The Bertz CT molecular complexity index is 1280. The van der Waals surface area contributed by atoms with Crippen molar-refractivity contribution >= 4 is 28.9 Å². The van der Waals surface area contributed by atoms with E-state index in [-0.39, 0.29) is 31.5 Å². The van der Waals surface area contributed by atoms with Gasteiger partial charge < -0.3 is 23.8 Å². The van der Waals surface area contributed by atoms with Crippen molar-refractivity contribution in [2.24, 2.45) is 5.10 Å². The Labute approximate surface area is 226 Å². The molecule has 2 amide bonds. The molecule has 1 aromatic heterocycles. The first kappa shape index (κ1) is 27.2. The van der Waals surface area contributed by atoms with E-state index in [9.17, 15) is 9.59 Å². The van der Waals surface area contributed by atoms with E-state index in [1.165, 1.54) is 9.91 Å². The number of ether oxygens (including phenoxy) is 4. The van der Waals surface area contributed by atoms with Gasteiger partial charge in [0.05, 0.1) is 44.6 Å². The van der Waals surface area contributed by atoms with Crippen molar-refractivity contribution < 1.29 is 28.5 Å². The fourth-order valence-electron chi connectivity index (χ4n) is 4.28. The Morgan fingerprint density at radius 2 is 1.74 bits per heavy atom. The van der Waals surface area contributed by atoms with E-state index in [1.54, 1.807) is 64.0 Å². The molecule has 0 aliphatic carbocycles. The van der Waals surface area contributed by atoms with Gasteiger partial charge in [-0.2, -0.15) is 5.10 Å². The van der Waals surface area contributed by atoms with Gasteiger partial charge in [-0.1, -0.05) is 6.07 Å². The quantitative estimate of drug-likeness (QED) is 0.364. The molecule has 0 radical (unpaired) electrons. The van der Waals surface area contributed by atoms with E-state index in [0.29, 0.717) is 29.2 Å². The number of methoxy groups -OCH3 is 4. The standard InChI is InChI=1S/C28H31N3O6S/c1-34-14-13-30(28(33)19-7-9-20(35-2)10-8-19)18-27(32)31-24(17-23(29-31)26-6-5-15-38-26)22-16-21(36-3)11-12-25(22)37-4/h5-12,15-16,24H,13-14,17-18H2,1-4H3/t24-/m0/s1. The van der Waals surface area contributed by atoms with Gasteiger partial charge in [-0.15, -0.1) is 11.3 Å². The van der Waals surface area contributed by atoms with Gasteiger partial charge in [0, 0.05) is 31.2 Å². The van der Waals surface area contributed by atoms with Gasteiger partial charge >= 0.3 is 0 Å². The highest BCUT2D eigenvalue weighted by Crippen LogP contribution is 2.39. The van der Waals surface area contributed by atoms with Gasteiger partial charge in [0.1, 0.15) is 23.8 Å². The molecule has 3 aromatic rings. The van der Waals surface area contributed by atoms with Crippen LogP contribution in [0.3, 0.4) is 0 Å². The van der Waals surface area contributed by atoms with E-state index in [1.807, 2.05) is 35.7 Å². The summed E-state index contributed by atoms with van der Waals surface area (Å²) in [7, 11) is 6.30. The number of hydrazone groups is 1. The highest BCUT2D eigenvalue weighted by Gasteiger charge is 2.36. The molecule has 0 N–H and O–H groups in total. The topological polar surface area (TPSA) is 89.9 Å². The average molecular weight is 538 g/mol. The van der Waals surface area contributed by atoms with E-state index in [2.05, 4.69) is 0 Å². The van der Waals surface area contributed by atoms with Crippen LogP contribution in [0.4, 0.5) is 0 Å². The summed E-state index contributed by atoms with van der Waals surface area (Å²) in [6, 6.07) is 15.8. The Kier molecular flexibility index (Phi) is 8.98. The first-order chi connectivity index (χ1) is 18.5. The lowest BCUT2D eigenvalue weighted by Crippen LogP contribution is -2.42. The van der Waals surface area contributed by atoms with Crippen molar-refractivity contribution in [1.29, 1.82) is 0 Å². The van der Waals surface area contributed by atoms with Crippen LogP contribution < -0.4 is 14.2 Å². The predicted molar refractivity (Wildman–Crippen MR) is 145 cm³/mol. The van der Waals surface area contributed by atoms with Crippen LogP contribution in [0.1, 0.15) is 33.3 Å². The van der Waals surface area contributed by atoms with Crippen molar-refractivity contribution in [2.75, 3.05) is 48.1 Å². The normalized spacial score (nSPS) is 14.7. The van der Waals surface area contributed by atoms with Crippen LogP contribution in [0.5, 0.6) is 17.2 Å². The zero-order chi connectivity index (χ0) is 27.1. The van der Waals surface area contributed by atoms with Crippen molar-refractivity contribution in [3.8, 4) is 17.2 Å². The van der Waals surface area contributed by atoms with Gasteiger partial charge in [-0.3, -0.25) is 9.59 Å². The molecule has 10 heteroatoms. The summed E-state index contributed by atoms with van der Waals surface area (Å²) in [5.74, 6) is 1.32. The molecule has 0 spiro atoms. The third-order valence-corrected chi connectivity index (χ3v) is 7.20. The van der Waals surface area contributed by atoms with Crippen molar-refractivity contribution in [3.05, 3.63) is 76.0 Å². The fourth-order valence-corrected chi connectivity index (χ4v) is 5.00. The number of rotatable bonds is 11. The molecule has 0 unspecified atom stereocenters. The summed E-state index contributed by atoms with van der Waals surface area (Å²) in [5, 5.41) is 8.18. The molecule has 1 aliphatic rings. The summed E-state index contributed by atoms with van der Waals surface area (Å²) in [4.78, 5) is 29.6. The second-order valence-electron chi connectivity index (χ2n) is 8.54. The molecule has 200 valence electrons. The molecule has 0 fully saturated rings. The molecule has 4 rings (SSSR count). The van der Waals surface area contributed by atoms with Gasteiger partial charge in [0.2, 0.25) is 0 Å². The van der Waals surface area contributed by atoms with E-state index in [0.717, 1.165) is 16.2 Å². The van der Waals surface area contributed by atoms with Crippen molar-refractivity contribution in [2.45, 2.75) is 12.5 Å². The molecule has 1 atom stereocenters. The first-order valence-electron chi connectivity index (χ1n) is 12.1. The monoisotopic (exact) mass is 537 g/mol. The molecule has 9 nitrogen and oxygen atoms in total. The maximum absolute atomic E-state index is 13.8.